The number of piperazine rings is 1. The molecule has 3 rings (SSSR count). The summed E-state index contributed by atoms with van der Waals surface area (Å²) in [5, 5.41) is 10.3. The van der Waals surface area contributed by atoms with Crippen LogP contribution in [0.5, 0.6) is 0 Å². The highest BCUT2D eigenvalue weighted by Crippen LogP contribution is 2.25. The fraction of sp³-hybridized carbons (Fsp3) is 0.294. The zero-order valence-corrected chi connectivity index (χ0v) is 13.4. The minimum atomic E-state index is -0.823. The van der Waals surface area contributed by atoms with Gasteiger partial charge in [0.05, 0.1) is 0 Å². The van der Waals surface area contributed by atoms with E-state index in [2.05, 4.69) is 9.88 Å². The molecule has 1 fully saturated rings. The molecule has 1 N–H and O–H groups in total. The lowest BCUT2D eigenvalue weighted by Crippen LogP contribution is -2.49. The molecule has 5 nitrogen and oxygen atoms in total. The highest BCUT2D eigenvalue weighted by molar-refractivity contribution is 6.30. The van der Waals surface area contributed by atoms with Crippen LogP contribution in [0.2, 0.25) is 5.02 Å². The smallest absolute Gasteiger partial charge is 0.325 e. The minimum absolute atomic E-state index is 0.620. The van der Waals surface area contributed by atoms with Gasteiger partial charge in [-0.15, -0.1) is 0 Å². The number of aromatic nitrogens is 1. The standard InChI is InChI=1S/C17H18ClN3O2/c18-14-1-3-15(4-2-14)20-9-11-21(12-10-20)16(17(22)23)13-5-7-19-8-6-13/h1-8,16H,9-12H2,(H,22,23). The Morgan fingerprint density at radius 2 is 1.65 bits per heavy atom. The van der Waals surface area contributed by atoms with Gasteiger partial charge in [-0.05, 0) is 42.0 Å². The molecule has 0 saturated carbocycles. The monoisotopic (exact) mass is 331 g/mol. The van der Waals surface area contributed by atoms with Crippen molar-refractivity contribution in [3.05, 3.63) is 59.4 Å². The van der Waals surface area contributed by atoms with E-state index in [1.54, 1.807) is 24.5 Å². The van der Waals surface area contributed by atoms with Crippen molar-refractivity contribution in [1.82, 2.24) is 9.88 Å². The number of rotatable bonds is 4. The number of nitrogens with zero attached hydrogens (tertiary/aromatic N) is 3. The molecule has 1 aliphatic heterocycles. The van der Waals surface area contributed by atoms with Crippen molar-refractivity contribution >= 4 is 23.3 Å². The van der Waals surface area contributed by atoms with Crippen LogP contribution in [-0.2, 0) is 4.79 Å². The molecule has 0 spiro atoms. The Hall–Kier alpha value is -2.11. The summed E-state index contributed by atoms with van der Waals surface area (Å²) in [6.07, 6.45) is 3.27. The van der Waals surface area contributed by atoms with E-state index in [1.807, 2.05) is 29.2 Å². The molecular formula is C17H18ClN3O2. The Labute approximate surface area is 140 Å². The van der Waals surface area contributed by atoms with Crippen molar-refractivity contribution in [1.29, 1.82) is 0 Å². The molecule has 120 valence electrons. The zero-order valence-electron chi connectivity index (χ0n) is 12.6. The van der Waals surface area contributed by atoms with E-state index in [1.165, 1.54) is 0 Å². The number of hydrogen-bond acceptors (Lipinski definition) is 4. The number of benzene rings is 1. The average Bonchev–Trinajstić information content (AvgIpc) is 2.57. The predicted octanol–water partition coefficient (Wildman–Crippen LogP) is 2.68. The van der Waals surface area contributed by atoms with E-state index in [9.17, 15) is 9.90 Å². The van der Waals surface area contributed by atoms with Gasteiger partial charge in [-0.25, -0.2) is 0 Å². The number of halogens is 1. The van der Waals surface area contributed by atoms with Gasteiger partial charge in [-0.1, -0.05) is 11.6 Å². The van der Waals surface area contributed by atoms with Gasteiger partial charge in [-0.3, -0.25) is 14.7 Å². The predicted molar refractivity (Wildman–Crippen MR) is 89.9 cm³/mol. The molecule has 2 heterocycles. The Morgan fingerprint density at radius 3 is 2.22 bits per heavy atom. The minimum Gasteiger partial charge on any atom is -0.480 e. The van der Waals surface area contributed by atoms with Crippen LogP contribution in [-0.4, -0.2) is 47.1 Å². The first-order valence-electron chi connectivity index (χ1n) is 7.52. The van der Waals surface area contributed by atoms with E-state index < -0.39 is 12.0 Å². The molecular weight excluding hydrogens is 314 g/mol. The van der Waals surface area contributed by atoms with Crippen molar-refractivity contribution in [3.63, 3.8) is 0 Å². The van der Waals surface area contributed by atoms with Crippen molar-refractivity contribution in [2.45, 2.75) is 6.04 Å². The third kappa shape index (κ3) is 3.63. The second kappa shape index (κ2) is 6.98. The largest absolute Gasteiger partial charge is 0.480 e. The van der Waals surface area contributed by atoms with Gasteiger partial charge in [0.2, 0.25) is 0 Å². The van der Waals surface area contributed by atoms with Crippen LogP contribution in [0, 0.1) is 0 Å². The maximum atomic E-state index is 11.7. The highest BCUT2D eigenvalue weighted by atomic mass is 35.5. The van der Waals surface area contributed by atoms with Gasteiger partial charge in [0.25, 0.3) is 0 Å². The van der Waals surface area contributed by atoms with E-state index in [0.717, 1.165) is 29.4 Å². The molecule has 23 heavy (non-hydrogen) atoms. The van der Waals surface area contributed by atoms with Crippen LogP contribution in [0.3, 0.4) is 0 Å². The first kappa shape index (κ1) is 15.8. The molecule has 1 saturated heterocycles. The van der Waals surface area contributed by atoms with Gasteiger partial charge < -0.3 is 10.0 Å². The molecule has 6 heteroatoms. The van der Waals surface area contributed by atoms with Gasteiger partial charge in [0.1, 0.15) is 6.04 Å². The third-order valence-electron chi connectivity index (χ3n) is 4.13. The lowest BCUT2D eigenvalue weighted by Gasteiger charge is -2.38. The van der Waals surface area contributed by atoms with Crippen LogP contribution >= 0.6 is 11.6 Å². The van der Waals surface area contributed by atoms with E-state index in [0.29, 0.717) is 13.1 Å². The second-order valence-electron chi connectivity index (χ2n) is 5.52. The number of aliphatic carboxylic acids is 1. The number of hydrogen-bond donors (Lipinski definition) is 1. The lowest BCUT2D eigenvalue weighted by molar-refractivity contribution is -0.143. The normalized spacial score (nSPS) is 17.0. The molecule has 1 unspecified atom stereocenters. The lowest BCUT2D eigenvalue weighted by atomic mass is 10.1. The summed E-state index contributed by atoms with van der Waals surface area (Å²) in [6, 6.07) is 10.7. The summed E-state index contributed by atoms with van der Waals surface area (Å²) in [5.41, 5.74) is 1.89. The average molecular weight is 332 g/mol. The Morgan fingerprint density at radius 1 is 1.04 bits per heavy atom. The maximum Gasteiger partial charge on any atom is 0.325 e. The molecule has 1 aromatic carbocycles. The van der Waals surface area contributed by atoms with Crippen molar-refractivity contribution in [3.8, 4) is 0 Å². The van der Waals surface area contributed by atoms with Gasteiger partial charge in [0, 0.05) is 49.3 Å². The van der Waals surface area contributed by atoms with Crippen LogP contribution in [0.15, 0.2) is 48.8 Å². The summed E-state index contributed by atoms with van der Waals surface area (Å²) in [5.74, 6) is -0.823. The Kier molecular flexibility index (Phi) is 4.79. The molecule has 0 radical (unpaired) electrons. The number of carboxylic acids is 1. The van der Waals surface area contributed by atoms with Gasteiger partial charge >= 0.3 is 5.97 Å². The summed E-state index contributed by atoms with van der Waals surface area (Å²) in [7, 11) is 0. The van der Waals surface area contributed by atoms with Crippen molar-refractivity contribution in [2.75, 3.05) is 31.1 Å². The summed E-state index contributed by atoms with van der Waals surface area (Å²) in [4.78, 5) is 19.9. The van der Waals surface area contributed by atoms with Crippen LogP contribution < -0.4 is 4.90 Å². The van der Waals surface area contributed by atoms with Gasteiger partial charge in [-0.2, -0.15) is 0 Å². The quantitative estimate of drug-likeness (QED) is 0.933. The molecule has 0 amide bonds. The number of pyridine rings is 1. The summed E-state index contributed by atoms with van der Waals surface area (Å²) < 4.78 is 0. The third-order valence-corrected chi connectivity index (χ3v) is 4.38. The van der Waals surface area contributed by atoms with Crippen LogP contribution in [0.25, 0.3) is 0 Å². The Bertz CT molecular complexity index is 655. The maximum absolute atomic E-state index is 11.7. The molecule has 1 aromatic heterocycles. The van der Waals surface area contributed by atoms with E-state index in [4.69, 9.17) is 11.6 Å². The SMILES string of the molecule is O=C(O)C(c1ccncc1)N1CCN(c2ccc(Cl)cc2)CC1. The molecule has 1 atom stereocenters. The molecule has 0 aliphatic carbocycles. The molecule has 2 aromatic rings. The fourth-order valence-corrected chi connectivity index (χ4v) is 3.07. The summed E-state index contributed by atoms with van der Waals surface area (Å²) in [6.45, 7) is 2.97. The number of carbonyl (C=O) groups is 1. The number of carboxylic acid groups (broad SMARTS) is 1. The summed E-state index contributed by atoms with van der Waals surface area (Å²) >= 11 is 5.92. The topological polar surface area (TPSA) is 56.7 Å². The second-order valence-corrected chi connectivity index (χ2v) is 5.96. The van der Waals surface area contributed by atoms with E-state index >= 15 is 0 Å². The highest BCUT2D eigenvalue weighted by Gasteiger charge is 2.30. The van der Waals surface area contributed by atoms with Crippen LogP contribution in [0.1, 0.15) is 11.6 Å². The van der Waals surface area contributed by atoms with Crippen molar-refractivity contribution < 1.29 is 9.90 Å². The van der Waals surface area contributed by atoms with Crippen molar-refractivity contribution in [2.24, 2.45) is 0 Å². The van der Waals surface area contributed by atoms with Gasteiger partial charge in [0.15, 0.2) is 0 Å². The first-order valence-corrected chi connectivity index (χ1v) is 7.90. The molecule has 1 aliphatic rings. The fourth-order valence-electron chi connectivity index (χ4n) is 2.95. The molecule has 0 bridgehead atoms. The van der Waals surface area contributed by atoms with E-state index in [-0.39, 0.29) is 0 Å². The Balaban J connectivity index is 1.69. The zero-order chi connectivity index (χ0) is 16.2. The number of anilines is 1. The first-order chi connectivity index (χ1) is 11.1. The van der Waals surface area contributed by atoms with Crippen LogP contribution in [0.4, 0.5) is 5.69 Å².